The summed E-state index contributed by atoms with van der Waals surface area (Å²) in [5, 5.41) is 9.31. The molecule has 0 aliphatic heterocycles. The molecule has 0 unspecified atom stereocenters. The van der Waals surface area contributed by atoms with Gasteiger partial charge in [0.1, 0.15) is 18.1 Å². The molecule has 0 radical (unpaired) electrons. The number of nitrogens with zero attached hydrogens (tertiary/aromatic N) is 4. The fraction of sp³-hybridized carbons (Fsp3) is 0.273. The van der Waals surface area contributed by atoms with Crippen LogP contribution in [0.25, 0.3) is 16.6 Å². The van der Waals surface area contributed by atoms with Gasteiger partial charge >= 0.3 is 0 Å². The average Bonchev–Trinajstić information content (AvgIpc) is 3.48. The number of methoxy groups -OCH3 is 1. The second kappa shape index (κ2) is 7.16. The fourth-order valence-electron chi connectivity index (χ4n) is 3.40. The van der Waals surface area contributed by atoms with Crippen molar-refractivity contribution in [1.29, 1.82) is 0 Å². The minimum Gasteiger partial charge on any atom is -0.497 e. The third kappa shape index (κ3) is 3.51. The van der Waals surface area contributed by atoms with Crippen molar-refractivity contribution in [3.05, 3.63) is 60.2 Å². The number of aromatic nitrogens is 4. The molecule has 0 amide bonds. The zero-order valence-corrected chi connectivity index (χ0v) is 16.0. The van der Waals surface area contributed by atoms with Crippen molar-refractivity contribution in [1.82, 2.24) is 19.6 Å². The number of pyridine rings is 2. The van der Waals surface area contributed by atoms with Gasteiger partial charge in [0.05, 0.1) is 12.6 Å². The highest BCUT2D eigenvalue weighted by molar-refractivity contribution is 5.96. The largest absolute Gasteiger partial charge is 0.497 e. The Morgan fingerprint density at radius 2 is 2.07 bits per heavy atom. The van der Waals surface area contributed by atoms with Gasteiger partial charge in [0, 0.05) is 35.8 Å². The zero-order chi connectivity index (χ0) is 19.8. The van der Waals surface area contributed by atoms with E-state index >= 15 is 0 Å². The van der Waals surface area contributed by atoms with E-state index in [1.807, 2.05) is 47.0 Å². The molecule has 5 rings (SSSR count). The van der Waals surface area contributed by atoms with Gasteiger partial charge in [-0.2, -0.15) is 0 Å². The summed E-state index contributed by atoms with van der Waals surface area (Å²) in [6.07, 6.45) is 6.45. The predicted molar refractivity (Wildman–Crippen MR) is 107 cm³/mol. The summed E-state index contributed by atoms with van der Waals surface area (Å²) < 4.78 is 13.1. The zero-order valence-electron chi connectivity index (χ0n) is 16.0. The number of rotatable bonds is 7. The molecule has 1 saturated carbocycles. The Balaban J connectivity index is 1.40. The number of carbonyl (C=O) groups is 1. The monoisotopic (exact) mass is 388 g/mol. The maximum atomic E-state index is 12.4. The molecule has 0 atom stereocenters. The van der Waals surface area contributed by atoms with Crippen LogP contribution < -0.4 is 9.47 Å². The van der Waals surface area contributed by atoms with Crippen LogP contribution in [0.4, 0.5) is 0 Å². The Kier molecular flexibility index (Phi) is 4.35. The lowest BCUT2D eigenvalue weighted by atomic mass is 10.1. The van der Waals surface area contributed by atoms with Gasteiger partial charge in [-0.25, -0.2) is 0 Å². The summed E-state index contributed by atoms with van der Waals surface area (Å²) in [7, 11) is 1.63. The highest BCUT2D eigenvalue weighted by Gasteiger charge is 2.25. The first kappa shape index (κ1) is 17.6. The summed E-state index contributed by atoms with van der Waals surface area (Å²) in [4.78, 5) is 16.8. The van der Waals surface area contributed by atoms with E-state index in [2.05, 4.69) is 15.2 Å². The van der Waals surface area contributed by atoms with Crippen LogP contribution in [0.3, 0.4) is 0 Å². The van der Waals surface area contributed by atoms with Crippen LogP contribution in [0, 0.1) is 5.92 Å². The molecule has 1 aliphatic carbocycles. The molecule has 0 spiro atoms. The molecule has 29 heavy (non-hydrogen) atoms. The quantitative estimate of drug-likeness (QED) is 0.448. The van der Waals surface area contributed by atoms with Crippen molar-refractivity contribution >= 4 is 22.3 Å². The lowest BCUT2D eigenvalue weighted by Crippen LogP contribution is -2.05. The number of ketones is 1. The Morgan fingerprint density at radius 1 is 1.17 bits per heavy atom. The third-order valence-electron chi connectivity index (χ3n) is 5.23. The number of carbonyl (C=O) groups excluding carboxylic acids is 1. The molecule has 146 valence electrons. The van der Waals surface area contributed by atoms with Crippen LogP contribution in [-0.4, -0.2) is 32.5 Å². The molecule has 0 saturated heterocycles. The first-order chi connectivity index (χ1) is 14.2. The van der Waals surface area contributed by atoms with Gasteiger partial charge in [-0.15, -0.1) is 10.2 Å². The topological polar surface area (TPSA) is 78.6 Å². The lowest BCUT2D eigenvalue weighted by molar-refractivity contribution is 0.0975. The molecule has 3 heterocycles. The minimum atomic E-state index is 0.170. The predicted octanol–water partition coefficient (Wildman–Crippen LogP) is 3.85. The summed E-state index contributed by atoms with van der Waals surface area (Å²) in [6.45, 7) is 0.229. The van der Waals surface area contributed by atoms with E-state index in [9.17, 15) is 4.79 Å². The summed E-state index contributed by atoms with van der Waals surface area (Å²) in [5.41, 5.74) is 2.17. The van der Waals surface area contributed by atoms with Crippen molar-refractivity contribution in [2.75, 3.05) is 7.11 Å². The molecule has 0 bridgehead atoms. The van der Waals surface area contributed by atoms with Crippen LogP contribution >= 0.6 is 0 Å². The first-order valence-corrected chi connectivity index (χ1v) is 9.63. The van der Waals surface area contributed by atoms with Crippen molar-refractivity contribution in [2.45, 2.75) is 25.9 Å². The van der Waals surface area contributed by atoms with Gasteiger partial charge in [-0.1, -0.05) is 0 Å². The number of hydrogen-bond acceptors (Lipinski definition) is 6. The normalized spacial score (nSPS) is 13.7. The molecule has 1 fully saturated rings. The van der Waals surface area contributed by atoms with Crippen LogP contribution in [0.2, 0.25) is 0 Å². The smallest absolute Gasteiger partial charge is 0.175 e. The number of benzene rings is 1. The van der Waals surface area contributed by atoms with Gasteiger partial charge in [-0.3, -0.25) is 14.2 Å². The van der Waals surface area contributed by atoms with Crippen LogP contribution in [0.5, 0.6) is 11.5 Å². The Labute approximate surface area is 167 Å². The second-order valence-corrected chi connectivity index (χ2v) is 7.31. The lowest BCUT2D eigenvalue weighted by Gasteiger charge is -2.09. The van der Waals surface area contributed by atoms with Crippen LogP contribution in [-0.2, 0) is 6.61 Å². The highest BCUT2D eigenvalue weighted by atomic mass is 16.5. The molecule has 3 aromatic heterocycles. The standard InChI is InChI=1S/C22H20N4O3/c1-28-16-5-6-17-18(11-16)23-9-8-20(17)29-13-22-25-24-21-7-4-15(12-26(21)22)19(27)10-14-2-3-14/h4-9,11-12,14H,2-3,10,13H2,1H3. The van der Waals surface area contributed by atoms with Gasteiger partial charge in [0.15, 0.2) is 17.3 Å². The maximum Gasteiger partial charge on any atom is 0.175 e. The van der Waals surface area contributed by atoms with E-state index in [0.717, 1.165) is 29.5 Å². The maximum absolute atomic E-state index is 12.4. The van der Waals surface area contributed by atoms with Crippen molar-refractivity contribution in [2.24, 2.45) is 5.92 Å². The molecule has 7 heteroatoms. The van der Waals surface area contributed by atoms with E-state index in [1.54, 1.807) is 13.3 Å². The second-order valence-electron chi connectivity index (χ2n) is 7.31. The molecular formula is C22H20N4O3. The van der Waals surface area contributed by atoms with E-state index in [1.165, 1.54) is 0 Å². The van der Waals surface area contributed by atoms with E-state index in [4.69, 9.17) is 9.47 Å². The molecule has 4 aromatic rings. The van der Waals surface area contributed by atoms with Crippen LogP contribution in [0.1, 0.15) is 35.4 Å². The SMILES string of the molecule is COc1ccc2c(OCc3nnc4ccc(C(=O)CC5CC5)cn34)ccnc2c1. The summed E-state index contributed by atoms with van der Waals surface area (Å²) in [5.74, 6) is 2.81. The van der Waals surface area contributed by atoms with Gasteiger partial charge < -0.3 is 9.47 Å². The number of Topliss-reactive ketones (excluding diaryl/α,β-unsaturated/α-hetero) is 1. The first-order valence-electron chi connectivity index (χ1n) is 9.63. The van der Waals surface area contributed by atoms with E-state index in [0.29, 0.717) is 35.1 Å². The Morgan fingerprint density at radius 3 is 2.90 bits per heavy atom. The number of hydrogen-bond donors (Lipinski definition) is 0. The van der Waals surface area contributed by atoms with E-state index < -0.39 is 0 Å². The van der Waals surface area contributed by atoms with Crippen molar-refractivity contribution < 1.29 is 14.3 Å². The Hall–Kier alpha value is -3.48. The molecule has 1 aromatic carbocycles. The van der Waals surface area contributed by atoms with E-state index in [-0.39, 0.29) is 12.4 Å². The third-order valence-corrected chi connectivity index (χ3v) is 5.23. The average molecular weight is 388 g/mol. The van der Waals surface area contributed by atoms with Gasteiger partial charge in [0.25, 0.3) is 0 Å². The molecular weight excluding hydrogens is 368 g/mol. The van der Waals surface area contributed by atoms with Gasteiger partial charge in [0.2, 0.25) is 0 Å². The fourth-order valence-corrected chi connectivity index (χ4v) is 3.40. The number of ether oxygens (including phenoxy) is 2. The minimum absolute atomic E-state index is 0.170. The van der Waals surface area contributed by atoms with Gasteiger partial charge in [-0.05, 0) is 49.1 Å². The van der Waals surface area contributed by atoms with Crippen molar-refractivity contribution in [3.8, 4) is 11.5 Å². The number of fused-ring (bicyclic) bond motifs is 2. The van der Waals surface area contributed by atoms with Crippen LogP contribution in [0.15, 0.2) is 48.8 Å². The Bertz CT molecular complexity index is 1210. The highest BCUT2D eigenvalue weighted by Crippen LogP contribution is 2.33. The molecule has 1 aliphatic rings. The van der Waals surface area contributed by atoms with Crippen molar-refractivity contribution in [3.63, 3.8) is 0 Å². The molecule has 7 nitrogen and oxygen atoms in total. The molecule has 0 N–H and O–H groups in total. The summed E-state index contributed by atoms with van der Waals surface area (Å²) >= 11 is 0. The summed E-state index contributed by atoms with van der Waals surface area (Å²) in [6, 6.07) is 11.1.